The van der Waals surface area contributed by atoms with Crippen LogP contribution in [0.4, 0.5) is 4.79 Å². The van der Waals surface area contributed by atoms with Crippen LogP contribution in [0.5, 0.6) is 0 Å². The maximum atomic E-state index is 9.00. The number of carbonyl (C=O) groups excluding carboxylic acids is 1. The summed E-state index contributed by atoms with van der Waals surface area (Å²) in [7, 11) is 0. The molecule has 2 fully saturated rings. The Kier molecular flexibility index (Phi) is 7.91. The number of nitrogens with zero attached hydrogens (tertiary/aromatic N) is 2. The summed E-state index contributed by atoms with van der Waals surface area (Å²) in [6.07, 6.45) is 13.2. The lowest BCUT2D eigenvalue weighted by Crippen LogP contribution is -2.18. The smallest absolute Gasteiger partial charge is 0.309 e. The quantitative estimate of drug-likeness (QED) is 0.739. The highest BCUT2D eigenvalue weighted by Crippen LogP contribution is 2.21. The molecule has 0 atom stereocenters. The van der Waals surface area contributed by atoms with Crippen molar-refractivity contribution < 1.29 is 4.79 Å². The molecule has 108 valence electrons. The van der Waals surface area contributed by atoms with Gasteiger partial charge in [-0.15, -0.1) is 0 Å². The number of aliphatic imine (C=N–C) groups is 2. The van der Waals surface area contributed by atoms with Gasteiger partial charge in [0, 0.05) is 0 Å². The van der Waals surface area contributed by atoms with Crippen molar-refractivity contribution in [3.8, 4) is 0 Å². The van der Waals surface area contributed by atoms with Gasteiger partial charge in [0.15, 0.2) is 0 Å². The second-order valence-corrected chi connectivity index (χ2v) is 5.34. The molecule has 2 aliphatic rings. The van der Waals surface area contributed by atoms with Gasteiger partial charge in [0.25, 0.3) is 0 Å². The van der Waals surface area contributed by atoms with Crippen molar-refractivity contribution in [2.45, 2.75) is 76.3 Å². The first kappa shape index (κ1) is 15.7. The Bertz CT molecular complexity index is 285. The van der Waals surface area contributed by atoms with Gasteiger partial charge in [0.2, 0.25) is 0 Å². The van der Waals surface area contributed by atoms with Crippen molar-refractivity contribution in [2.24, 2.45) is 21.5 Å². The van der Waals surface area contributed by atoms with Gasteiger partial charge in [-0.05, 0) is 25.7 Å². The van der Waals surface area contributed by atoms with E-state index in [-0.39, 0.29) is 0 Å². The SMILES string of the molecule is C(=NC1CCCCC1)=NC1CCCCC1.NC(N)=O. The summed E-state index contributed by atoms with van der Waals surface area (Å²) in [5.74, 6) is 0. The van der Waals surface area contributed by atoms with Crippen molar-refractivity contribution >= 4 is 12.0 Å². The fourth-order valence-electron chi connectivity index (χ4n) is 2.62. The molecule has 5 heteroatoms. The van der Waals surface area contributed by atoms with Gasteiger partial charge in [-0.3, -0.25) is 0 Å². The molecule has 0 aliphatic heterocycles. The van der Waals surface area contributed by atoms with E-state index >= 15 is 0 Å². The van der Waals surface area contributed by atoms with Crippen LogP contribution >= 0.6 is 0 Å². The first-order chi connectivity index (χ1) is 9.18. The predicted octanol–water partition coefficient (Wildman–Crippen LogP) is 2.85. The van der Waals surface area contributed by atoms with Crippen molar-refractivity contribution in [3.05, 3.63) is 0 Å². The molecule has 0 saturated heterocycles. The standard InChI is InChI=1S/C13H22N2.CH4N2O/c1-3-7-12(8-4-1)14-11-15-13-9-5-2-6-10-13;2-1(3)4/h12-13H,1-10H2;(H4,2,3,4). The van der Waals surface area contributed by atoms with Crippen molar-refractivity contribution in [2.75, 3.05) is 0 Å². The van der Waals surface area contributed by atoms with Gasteiger partial charge >= 0.3 is 6.03 Å². The Morgan fingerprint density at radius 1 is 0.789 bits per heavy atom. The second kappa shape index (κ2) is 9.56. The van der Waals surface area contributed by atoms with E-state index in [0.717, 1.165) is 0 Å². The van der Waals surface area contributed by atoms with Gasteiger partial charge in [0.05, 0.1) is 18.1 Å². The highest BCUT2D eigenvalue weighted by Gasteiger charge is 2.12. The lowest BCUT2D eigenvalue weighted by molar-refractivity contribution is 0.256. The summed E-state index contributed by atoms with van der Waals surface area (Å²) in [5, 5.41) is 0. The molecular formula is C14H26N4O. The monoisotopic (exact) mass is 266 g/mol. The fourth-order valence-corrected chi connectivity index (χ4v) is 2.62. The zero-order chi connectivity index (χ0) is 13.9. The molecule has 2 saturated carbocycles. The second-order valence-electron chi connectivity index (χ2n) is 5.34. The number of primary amides is 2. The fraction of sp³-hybridized carbons (Fsp3) is 0.857. The Morgan fingerprint density at radius 2 is 1.11 bits per heavy atom. The van der Waals surface area contributed by atoms with Crippen LogP contribution in [-0.4, -0.2) is 24.1 Å². The minimum Gasteiger partial charge on any atom is -0.352 e. The van der Waals surface area contributed by atoms with E-state index in [2.05, 4.69) is 27.5 Å². The van der Waals surface area contributed by atoms with Crippen LogP contribution in [0.25, 0.3) is 0 Å². The zero-order valence-corrected chi connectivity index (χ0v) is 11.7. The maximum absolute atomic E-state index is 9.00. The molecule has 0 unspecified atom stereocenters. The molecule has 19 heavy (non-hydrogen) atoms. The predicted molar refractivity (Wildman–Crippen MR) is 77.4 cm³/mol. The largest absolute Gasteiger partial charge is 0.352 e. The molecule has 0 bridgehead atoms. The summed E-state index contributed by atoms with van der Waals surface area (Å²) < 4.78 is 0. The van der Waals surface area contributed by atoms with Gasteiger partial charge in [-0.2, -0.15) is 0 Å². The molecule has 5 nitrogen and oxygen atoms in total. The molecule has 2 amide bonds. The van der Waals surface area contributed by atoms with Crippen LogP contribution in [0.15, 0.2) is 9.98 Å². The molecule has 2 rings (SSSR count). The Hall–Kier alpha value is -1.35. The van der Waals surface area contributed by atoms with E-state index in [4.69, 9.17) is 4.79 Å². The van der Waals surface area contributed by atoms with E-state index in [1.807, 2.05) is 0 Å². The third kappa shape index (κ3) is 8.38. The molecule has 0 heterocycles. The summed E-state index contributed by atoms with van der Waals surface area (Å²) in [4.78, 5) is 17.9. The van der Waals surface area contributed by atoms with Gasteiger partial charge in [-0.25, -0.2) is 14.8 Å². The van der Waals surface area contributed by atoms with Crippen LogP contribution in [0.2, 0.25) is 0 Å². The zero-order valence-electron chi connectivity index (χ0n) is 11.7. The Labute approximate surface area is 115 Å². The molecule has 0 spiro atoms. The average Bonchev–Trinajstić information content (AvgIpc) is 2.41. The lowest BCUT2D eigenvalue weighted by atomic mass is 9.96. The first-order valence-corrected chi connectivity index (χ1v) is 7.38. The van der Waals surface area contributed by atoms with E-state index in [1.165, 1.54) is 64.2 Å². The van der Waals surface area contributed by atoms with Crippen molar-refractivity contribution in [1.29, 1.82) is 0 Å². The van der Waals surface area contributed by atoms with E-state index in [1.54, 1.807) is 0 Å². The first-order valence-electron chi connectivity index (χ1n) is 7.38. The van der Waals surface area contributed by atoms with E-state index < -0.39 is 6.03 Å². The van der Waals surface area contributed by atoms with Crippen LogP contribution in [0.1, 0.15) is 64.2 Å². The molecule has 2 aliphatic carbocycles. The average molecular weight is 266 g/mol. The summed E-state index contributed by atoms with van der Waals surface area (Å²) in [6.45, 7) is 0. The maximum Gasteiger partial charge on any atom is 0.309 e. The van der Waals surface area contributed by atoms with Crippen molar-refractivity contribution in [1.82, 2.24) is 0 Å². The van der Waals surface area contributed by atoms with Gasteiger partial charge in [0.1, 0.15) is 0 Å². The Balaban J connectivity index is 0.000000399. The Morgan fingerprint density at radius 3 is 1.42 bits per heavy atom. The number of nitrogens with two attached hydrogens (primary N) is 2. The molecule has 0 aromatic carbocycles. The number of hydrogen-bond donors (Lipinski definition) is 2. The van der Waals surface area contributed by atoms with E-state index in [0.29, 0.717) is 12.1 Å². The summed E-state index contributed by atoms with van der Waals surface area (Å²) in [6, 6.07) is 3.21. The highest BCUT2D eigenvalue weighted by molar-refractivity contribution is 5.69. The van der Waals surface area contributed by atoms with Crippen LogP contribution in [-0.2, 0) is 0 Å². The topological polar surface area (TPSA) is 93.8 Å². The van der Waals surface area contributed by atoms with Gasteiger partial charge in [-0.1, -0.05) is 38.5 Å². The number of hydrogen-bond acceptors (Lipinski definition) is 3. The normalized spacial score (nSPS) is 20.6. The van der Waals surface area contributed by atoms with Crippen LogP contribution < -0.4 is 11.5 Å². The summed E-state index contributed by atoms with van der Waals surface area (Å²) in [5.41, 5.74) is 8.50. The number of carbonyl (C=O) groups is 1. The van der Waals surface area contributed by atoms with Crippen LogP contribution in [0.3, 0.4) is 0 Å². The molecule has 0 aromatic heterocycles. The minimum atomic E-state index is -0.833. The minimum absolute atomic E-state index is 0.533. The third-order valence-corrected chi connectivity index (χ3v) is 3.63. The number of rotatable bonds is 2. The van der Waals surface area contributed by atoms with Crippen LogP contribution in [0, 0.1) is 0 Å². The number of amides is 2. The third-order valence-electron chi connectivity index (χ3n) is 3.63. The van der Waals surface area contributed by atoms with E-state index in [9.17, 15) is 0 Å². The molecular weight excluding hydrogens is 240 g/mol. The lowest BCUT2D eigenvalue weighted by Gasteiger charge is -2.17. The molecule has 0 aromatic rings. The highest BCUT2D eigenvalue weighted by atomic mass is 16.2. The van der Waals surface area contributed by atoms with Gasteiger partial charge < -0.3 is 11.5 Å². The molecule has 4 N–H and O–H groups in total. The molecule has 0 radical (unpaired) electrons. The summed E-state index contributed by atoms with van der Waals surface area (Å²) >= 11 is 0. The number of urea groups is 1. The van der Waals surface area contributed by atoms with Crippen molar-refractivity contribution in [3.63, 3.8) is 0 Å².